The van der Waals surface area contributed by atoms with Crippen molar-refractivity contribution < 1.29 is 17.6 Å². The summed E-state index contributed by atoms with van der Waals surface area (Å²) < 4.78 is 34.7. The third-order valence-corrected chi connectivity index (χ3v) is 5.84. The average Bonchev–Trinajstić information content (AvgIpc) is 2.27. The first-order chi connectivity index (χ1) is 7.40. The number of alkyl halides is 1. The molecule has 0 saturated carbocycles. The Kier molecular flexibility index (Phi) is 4.21. The SMILES string of the molecule is CCS(=O)(=O)[C@@H](Br)C(=O)c1ccccc1F. The molecule has 0 aliphatic rings. The van der Waals surface area contributed by atoms with Crippen LogP contribution in [0.1, 0.15) is 17.3 Å². The Morgan fingerprint density at radius 1 is 1.44 bits per heavy atom. The van der Waals surface area contributed by atoms with Crippen molar-refractivity contribution in [3.8, 4) is 0 Å². The van der Waals surface area contributed by atoms with Crippen LogP contribution >= 0.6 is 15.9 Å². The van der Waals surface area contributed by atoms with Gasteiger partial charge in [0.15, 0.2) is 19.8 Å². The average molecular weight is 309 g/mol. The van der Waals surface area contributed by atoms with Gasteiger partial charge in [0, 0.05) is 5.75 Å². The lowest BCUT2D eigenvalue weighted by molar-refractivity contribution is 0.101. The van der Waals surface area contributed by atoms with E-state index in [0.717, 1.165) is 6.07 Å². The lowest BCUT2D eigenvalue weighted by Crippen LogP contribution is -2.26. The summed E-state index contributed by atoms with van der Waals surface area (Å²) in [5.41, 5.74) is -0.221. The number of ketones is 1. The maximum atomic E-state index is 13.3. The molecule has 1 atom stereocenters. The van der Waals surface area contributed by atoms with Gasteiger partial charge in [-0.25, -0.2) is 12.8 Å². The predicted molar refractivity (Wildman–Crippen MR) is 62.9 cm³/mol. The van der Waals surface area contributed by atoms with Crippen LogP contribution in [0, 0.1) is 5.82 Å². The summed E-state index contributed by atoms with van der Waals surface area (Å²) in [6.07, 6.45) is 0. The summed E-state index contributed by atoms with van der Waals surface area (Å²) in [6.45, 7) is 1.43. The Balaban J connectivity index is 3.10. The van der Waals surface area contributed by atoms with Gasteiger partial charge >= 0.3 is 0 Å². The van der Waals surface area contributed by atoms with Crippen molar-refractivity contribution in [2.24, 2.45) is 0 Å². The maximum Gasteiger partial charge on any atom is 0.194 e. The maximum absolute atomic E-state index is 13.3. The summed E-state index contributed by atoms with van der Waals surface area (Å²) in [5, 5.41) is 0. The molecule has 0 bridgehead atoms. The molecule has 0 aliphatic carbocycles. The van der Waals surface area contributed by atoms with Crippen molar-refractivity contribution in [2.75, 3.05) is 5.75 Å². The van der Waals surface area contributed by atoms with Crippen LogP contribution in [-0.2, 0) is 9.84 Å². The van der Waals surface area contributed by atoms with Gasteiger partial charge in [0.1, 0.15) is 5.82 Å². The molecular weight excluding hydrogens is 299 g/mol. The van der Waals surface area contributed by atoms with Crippen molar-refractivity contribution >= 4 is 31.6 Å². The van der Waals surface area contributed by atoms with E-state index in [0.29, 0.717) is 0 Å². The summed E-state index contributed by atoms with van der Waals surface area (Å²) in [5.74, 6) is -1.67. The van der Waals surface area contributed by atoms with Crippen LogP contribution in [-0.4, -0.2) is 24.1 Å². The third-order valence-electron chi connectivity index (χ3n) is 2.06. The standard InChI is InChI=1S/C10H10BrFO3S/c1-2-16(14,15)10(11)9(13)7-5-3-4-6-8(7)12/h3-6,10H,2H2,1H3/t10-/m1/s1. The lowest BCUT2D eigenvalue weighted by Gasteiger charge is -2.09. The smallest absolute Gasteiger partial charge is 0.194 e. The summed E-state index contributed by atoms with van der Waals surface area (Å²) in [7, 11) is -3.56. The molecule has 6 heteroatoms. The Morgan fingerprint density at radius 2 is 2.00 bits per heavy atom. The second-order valence-electron chi connectivity index (χ2n) is 3.11. The second kappa shape index (κ2) is 5.05. The van der Waals surface area contributed by atoms with E-state index in [1.807, 2.05) is 0 Å². The van der Waals surface area contributed by atoms with E-state index in [2.05, 4.69) is 15.9 Å². The number of Topliss-reactive ketones (excluding diaryl/α,β-unsaturated/α-hetero) is 1. The lowest BCUT2D eigenvalue weighted by atomic mass is 10.1. The molecule has 0 aliphatic heterocycles. The van der Waals surface area contributed by atoms with Gasteiger partial charge in [-0.2, -0.15) is 0 Å². The number of hydrogen-bond acceptors (Lipinski definition) is 3. The van der Waals surface area contributed by atoms with Gasteiger partial charge in [0.05, 0.1) is 5.56 Å². The van der Waals surface area contributed by atoms with Crippen LogP contribution < -0.4 is 0 Å². The molecule has 0 fully saturated rings. The first-order valence-corrected chi connectivity index (χ1v) is 7.17. The number of benzene rings is 1. The number of carbonyl (C=O) groups excluding carboxylic acids is 1. The van der Waals surface area contributed by atoms with Crippen molar-refractivity contribution in [1.29, 1.82) is 0 Å². The second-order valence-corrected chi connectivity index (χ2v) is 7.01. The Bertz CT molecular complexity index is 499. The number of rotatable bonds is 4. The fourth-order valence-electron chi connectivity index (χ4n) is 1.09. The largest absolute Gasteiger partial charge is 0.292 e. The molecule has 88 valence electrons. The fourth-order valence-corrected chi connectivity index (χ4v) is 2.88. The van der Waals surface area contributed by atoms with E-state index in [-0.39, 0.29) is 11.3 Å². The van der Waals surface area contributed by atoms with Crippen LogP contribution in [0.3, 0.4) is 0 Å². The third kappa shape index (κ3) is 2.68. The van der Waals surface area contributed by atoms with Gasteiger partial charge in [-0.3, -0.25) is 4.79 Å². The molecule has 0 N–H and O–H groups in total. The molecule has 0 aromatic heterocycles. The minimum atomic E-state index is -3.56. The minimum Gasteiger partial charge on any atom is -0.292 e. The van der Waals surface area contributed by atoms with Gasteiger partial charge in [0.2, 0.25) is 0 Å². The number of sulfone groups is 1. The molecule has 0 spiro atoms. The summed E-state index contributed by atoms with van der Waals surface area (Å²) in [4.78, 5) is 11.7. The van der Waals surface area contributed by atoms with Crippen LogP contribution in [0.5, 0.6) is 0 Å². The molecule has 0 heterocycles. The van der Waals surface area contributed by atoms with Crippen molar-refractivity contribution in [3.05, 3.63) is 35.6 Å². The van der Waals surface area contributed by atoms with E-state index >= 15 is 0 Å². The molecule has 1 rings (SSSR count). The molecule has 1 aromatic rings. The van der Waals surface area contributed by atoms with Gasteiger partial charge in [-0.15, -0.1) is 0 Å². The van der Waals surface area contributed by atoms with Crippen LogP contribution in [0.2, 0.25) is 0 Å². The first kappa shape index (κ1) is 13.3. The molecule has 0 saturated heterocycles. The van der Waals surface area contributed by atoms with Crippen LogP contribution in [0.4, 0.5) is 4.39 Å². The van der Waals surface area contributed by atoms with Gasteiger partial charge in [-0.1, -0.05) is 35.0 Å². The Hall–Kier alpha value is -0.750. The molecule has 16 heavy (non-hydrogen) atoms. The Labute approximate surface area is 102 Å². The van der Waals surface area contributed by atoms with Crippen LogP contribution in [0.25, 0.3) is 0 Å². The predicted octanol–water partition coefficient (Wildman–Crippen LogP) is 2.16. The van der Waals surface area contributed by atoms with E-state index in [4.69, 9.17) is 0 Å². The zero-order chi connectivity index (χ0) is 12.3. The highest BCUT2D eigenvalue weighted by Gasteiger charge is 2.30. The van der Waals surface area contributed by atoms with Crippen molar-refractivity contribution in [2.45, 2.75) is 11.1 Å². The van der Waals surface area contributed by atoms with E-state index in [9.17, 15) is 17.6 Å². The first-order valence-electron chi connectivity index (χ1n) is 4.54. The Morgan fingerprint density at radius 3 is 2.50 bits per heavy atom. The van der Waals surface area contributed by atoms with Gasteiger partial charge in [0.25, 0.3) is 0 Å². The monoisotopic (exact) mass is 308 g/mol. The highest BCUT2D eigenvalue weighted by Crippen LogP contribution is 2.18. The van der Waals surface area contributed by atoms with Gasteiger partial charge < -0.3 is 0 Å². The molecule has 3 nitrogen and oxygen atoms in total. The highest BCUT2D eigenvalue weighted by molar-refractivity contribution is 9.11. The highest BCUT2D eigenvalue weighted by atomic mass is 79.9. The zero-order valence-corrected chi connectivity index (χ0v) is 10.9. The molecule has 0 unspecified atom stereocenters. The topological polar surface area (TPSA) is 51.2 Å². The van der Waals surface area contributed by atoms with Gasteiger partial charge in [-0.05, 0) is 12.1 Å². The fraction of sp³-hybridized carbons (Fsp3) is 0.300. The normalized spacial score (nSPS) is 13.4. The minimum absolute atomic E-state index is 0.177. The quantitative estimate of drug-likeness (QED) is 0.632. The van der Waals surface area contributed by atoms with E-state index in [1.54, 1.807) is 0 Å². The number of hydrogen-bond donors (Lipinski definition) is 0. The van der Waals surface area contributed by atoms with Crippen molar-refractivity contribution in [3.63, 3.8) is 0 Å². The van der Waals surface area contributed by atoms with E-state index < -0.39 is 25.6 Å². The summed E-state index contributed by atoms with van der Waals surface area (Å²) >= 11 is 2.79. The molecule has 0 amide bonds. The van der Waals surface area contributed by atoms with Crippen LogP contribution in [0.15, 0.2) is 24.3 Å². The van der Waals surface area contributed by atoms with Crippen molar-refractivity contribution in [1.82, 2.24) is 0 Å². The zero-order valence-electron chi connectivity index (χ0n) is 8.48. The molecule has 0 radical (unpaired) electrons. The summed E-state index contributed by atoms with van der Waals surface area (Å²) in [6, 6.07) is 5.29. The molecule has 1 aromatic carbocycles. The van der Waals surface area contributed by atoms with E-state index in [1.165, 1.54) is 25.1 Å². The molecular formula is C10H10BrFO3S. The number of halogens is 2. The number of carbonyl (C=O) groups is 1.